The Kier molecular flexibility index (Phi) is 6.16. The third-order valence-electron chi connectivity index (χ3n) is 2.13. The summed E-state index contributed by atoms with van der Waals surface area (Å²) in [7, 11) is 0. The molecule has 5 heteroatoms. The van der Waals surface area contributed by atoms with E-state index in [1.807, 2.05) is 18.2 Å². The van der Waals surface area contributed by atoms with Gasteiger partial charge in [-0.2, -0.15) is 0 Å². The molecule has 0 unspecified atom stereocenters. The molecule has 0 aliphatic carbocycles. The zero-order valence-corrected chi connectivity index (χ0v) is 13.1. The van der Waals surface area contributed by atoms with Crippen LogP contribution in [0.5, 0.6) is 0 Å². The number of anilines is 1. The fraction of sp³-hybridized carbons (Fsp3) is 0.417. The second-order valence-electron chi connectivity index (χ2n) is 4.00. The van der Waals surface area contributed by atoms with E-state index < -0.39 is 0 Å². The number of carbonyl (C=O) groups excluding carboxylic acids is 1. The van der Waals surface area contributed by atoms with Crippen LogP contribution in [0.4, 0.5) is 5.69 Å². The average Bonchev–Trinajstić information content (AvgIpc) is 2.23. The number of hydrogen-bond acceptors (Lipinski definition) is 2. The fourth-order valence-electron chi connectivity index (χ4n) is 1.29. The maximum absolute atomic E-state index is 11.7. The highest BCUT2D eigenvalue weighted by atomic mass is 79.9. The average molecular weight is 364 g/mol. The maximum Gasteiger partial charge on any atom is 0.225 e. The molecule has 0 atom stereocenters. The Hall–Kier alpha value is -0.390. The smallest absolute Gasteiger partial charge is 0.225 e. The zero-order chi connectivity index (χ0) is 12.8. The standard InChI is InChI=1S/C12H16Br2N2O/c1-8(2)15-7-6-11(17)16-12-9(13)4-3-5-10(12)14/h3-5,8,15H,6-7H2,1-2H3,(H,16,17). The second kappa shape index (κ2) is 7.13. The molecule has 0 saturated carbocycles. The number of carbonyl (C=O) groups is 1. The predicted octanol–water partition coefficient (Wildman–Crippen LogP) is 3.54. The van der Waals surface area contributed by atoms with Crippen molar-refractivity contribution in [2.24, 2.45) is 0 Å². The van der Waals surface area contributed by atoms with Crippen LogP contribution in [0.15, 0.2) is 27.1 Å². The van der Waals surface area contributed by atoms with Gasteiger partial charge in [0.15, 0.2) is 0 Å². The number of halogens is 2. The highest BCUT2D eigenvalue weighted by Crippen LogP contribution is 2.30. The number of rotatable bonds is 5. The molecule has 1 amide bonds. The van der Waals surface area contributed by atoms with Gasteiger partial charge in [0, 0.05) is 28.0 Å². The van der Waals surface area contributed by atoms with E-state index in [1.165, 1.54) is 0 Å². The van der Waals surface area contributed by atoms with Crippen LogP contribution < -0.4 is 10.6 Å². The first kappa shape index (κ1) is 14.7. The summed E-state index contributed by atoms with van der Waals surface area (Å²) in [5, 5.41) is 6.09. The molecule has 0 saturated heterocycles. The monoisotopic (exact) mass is 362 g/mol. The van der Waals surface area contributed by atoms with Crippen molar-refractivity contribution in [2.45, 2.75) is 26.3 Å². The largest absolute Gasteiger partial charge is 0.324 e. The molecular formula is C12H16Br2N2O. The van der Waals surface area contributed by atoms with Crippen molar-refractivity contribution in [1.82, 2.24) is 5.32 Å². The van der Waals surface area contributed by atoms with Gasteiger partial charge in [0.25, 0.3) is 0 Å². The lowest BCUT2D eigenvalue weighted by atomic mass is 10.3. The van der Waals surface area contributed by atoms with Crippen LogP contribution in [-0.4, -0.2) is 18.5 Å². The minimum Gasteiger partial charge on any atom is -0.324 e. The second-order valence-corrected chi connectivity index (χ2v) is 5.71. The lowest BCUT2D eigenvalue weighted by molar-refractivity contribution is -0.116. The summed E-state index contributed by atoms with van der Waals surface area (Å²) in [6.07, 6.45) is 0.464. The molecule has 2 N–H and O–H groups in total. The quantitative estimate of drug-likeness (QED) is 0.840. The van der Waals surface area contributed by atoms with E-state index in [0.29, 0.717) is 19.0 Å². The Morgan fingerprint density at radius 1 is 1.29 bits per heavy atom. The highest BCUT2D eigenvalue weighted by Gasteiger charge is 2.08. The molecule has 0 fully saturated rings. The maximum atomic E-state index is 11.7. The number of para-hydroxylation sites is 1. The molecule has 0 heterocycles. The SMILES string of the molecule is CC(C)NCCC(=O)Nc1c(Br)cccc1Br. The van der Waals surface area contributed by atoms with Crippen molar-refractivity contribution in [3.8, 4) is 0 Å². The summed E-state index contributed by atoms with van der Waals surface area (Å²) in [6.45, 7) is 4.80. The van der Waals surface area contributed by atoms with Gasteiger partial charge < -0.3 is 10.6 Å². The lowest BCUT2D eigenvalue weighted by Gasteiger charge is -2.11. The van der Waals surface area contributed by atoms with Gasteiger partial charge in [0.05, 0.1) is 5.69 Å². The van der Waals surface area contributed by atoms with E-state index in [2.05, 4.69) is 56.3 Å². The molecule has 1 rings (SSSR count). The van der Waals surface area contributed by atoms with Crippen molar-refractivity contribution in [2.75, 3.05) is 11.9 Å². The van der Waals surface area contributed by atoms with Crippen molar-refractivity contribution >= 4 is 43.5 Å². The Labute approximate surface area is 119 Å². The summed E-state index contributed by atoms with van der Waals surface area (Å²) >= 11 is 6.81. The Bertz CT molecular complexity index is 374. The first-order valence-electron chi connectivity index (χ1n) is 5.48. The Balaban J connectivity index is 2.51. The van der Waals surface area contributed by atoms with Crippen molar-refractivity contribution in [3.05, 3.63) is 27.1 Å². The van der Waals surface area contributed by atoms with Gasteiger partial charge in [0.1, 0.15) is 0 Å². The molecule has 17 heavy (non-hydrogen) atoms. The van der Waals surface area contributed by atoms with Gasteiger partial charge in [-0.3, -0.25) is 4.79 Å². The predicted molar refractivity (Wildman–Crippen MR) is 78.2 cm³/mol. The third-order valence-corrected chi connectivity index (χ3v) is 3.45. The lowest BCUT2D eigenvalue weighted by Crippen LogP contribution is -2.27. The van der Waals surface area contributed by atoms with Crippen LogP contribution in [0.3, 0.4) is 0 Å². The first-order valence-corrected chi connectivity index (χ1v) is 7.06. The molecule has 1 aromatic carbocycles. The van der Waals surface area contributed by atoms with Gasteiger partial charge in [-0.1, -0.05) is 19.9 Å². The van der Waals surface area contributed by atoms with Crippen LogP contribution in [0, 0.1) is 0 Å². The molecule has 1 aromatic rings. The van der Waals surface area contributed by atoms with Gasteiger partial charge in [0.2, 0.25) is 5.91 Å². The van der Waals surface area contributed by atoms with Gasteiger partial charge >= 0.3 is 0 Å². The molecular weight excluding hydrogens is 348 g/mol. The van der Waals surface area contributed by atoms with Crippen LogP contribution in [-0.2, 0) is 4.79 Å². The van der Waals surface area contributed by atoms with E-state index in [4.69, 9.17) is 0 Å². The minimum atomic E-state index is 0.00532. The Morgan fingerprint density at radius 3 is 2.41 bits per heavy atom. The summed E-state index contributed by atoms with van der Waals surface area (Å²) in [5.41, 5.74) is 0.780. The molecule has 0 aliphatic rings. The van der Waals surface area contributed by atoms with Crippen molar-refractivity contribution in [3.63, 3.8) is 0 Å². The summed E-state index contributed by atoms with van der Waals surface area (Å²) in [5.74, 6) is 0.00532. The van der Waals surface area contributed by atoms with E-state index in [1.54, 1.807) is 0 Å². The van der Waals surface area contributed by atoms with Crippen LogP contribution >= 0.6 is 31.9 Å². The molecule has 0 aliphatic heterocycles. The summed E-state index contributed by atoms with van der Waals surface area (Å²) in [6, 6.07) is 6.10. The van der Waals surface area contributed by atoms with Gasteiger partial charge in [-0.05, 0) is 44.0 Å². The molecule has 0 aromatic heterocycles. The molecule has 94 valence electrons. The topological polar surface area (TPSA) is 41.1 Å². The number of hydrogen-bond donors (Lipinski definition) is 2. The van der Waals surface area contributed by atoms with E-state index in [0.717, 1.165) is 14.6 Å². The summed E-state index contributed by atoms with van der Waals surface area (Å²) < 4.78 is 1.74. The molecule has 0 bridgehead atoms. The van der Waals surface area contributed by atoms with Crippen LogP contribution in [0.25, 0.3) is 0 Å². The van der Waals surface area contributed by atoms with Crippen LogP contribution in [0.1, 0.15) is 20.3 Å². The summed E-state index contributed by atoms with van der Waals surface area (Å²) in [4.78, 5) is 11.7. The number of nitrogens with one attached hydrogen (secondary N) is 2. The van der Waals surface area contributed by atoms with E-state index in [-0.39, 0.29) is 5.91 Å². The van der Waals surface area contributed by atoms with Crippen molar-refractivity contribution in [1.29, 1.82) is 0 Å². The fourth-order valence-corrected chi connectivity index (χ4v) is 2.49. The zero-order valence-electron chi connectivity index (χ0n) is 9.89. The van der Waals surface area contributed by atoms with Gasteiger partial charge in [-0.15, -0.1) is 0 Å². The molecule has 0 radical (unpaired) electrons. The number of amides is 1. The normalized spacial score (nSPS) is 10.6. The van der Waals surface area contributed by atoms with E-state index in [9.17, 15) is 4.79 Å². The van der Waals surface area contributed by atoms with E-state index >= 15 is 0 Å². The first-order chi connectivity index (χ1) is 8.00. The third kappa shape index (κ3) is 5.19. The van der Waals surface area contributed by atoms with Gasteiger partial charge in [-0.25, -0.2) is 0 Å². The Morgan fingerprint density at radius 2 is 1.88 bits per heavy atom. The highest BCUT2D eigenvalue weighted by molar-refractivity contribution is 9.11. The minimum absolute atomic E-state index is 0.00532. The number of benzene rings is 1. The molecule has 0 spiro atoms. The van der Waals surface area contributed by atoms with Crippen LogP contribution in [0.2, 0.25) is 0 Å². The molecule has 3 nitrogen and oxygen atoms in total. The van der Waals surface area contributed by atoms with Crippen molar-refractivity contribution < 1.29 is 4.79 Å².